The van der Waals surface area contributed by atoms with Gasteiger partial charge in [-0.25, -0.2) is 4.79 Å². The first-order valence-corrected chi connectivity index (χ1v) is 4.04. The van der Waals surface area contributed by atoms with Gasteiger partial charge in [-0.1, -0.05) is 19.8 Å². The number of hydrogen-bond donors (Lipinski definition) is 1. The van der Waals surface area contributed by atoms with Crippen molar-refractivity contribution in [3.8, 4) is 0 Å². The lowest BCUT2D eigenvalue weighted by Gasteiger charge is -2.04. The normalized spacial score (nSPS) is 35.3. The zero-order valence-corrected chi connectivity index (χ0v) is 6.96. The Hall–Kier alpha value is -0.570. The fourth-order valence-corrected chi connectivity index (χ4v) is 1.31. The minimum atomic E-state index is -0.823. The van der Waals surface area contributed by atoms with Crippen LogP contribution in [-0.2, 0) is 9.53 Å². The van der Waals surface area contributed by atoms with Crippen molar-refractivity contribution in [1.82, 2.24) is 0 Å². The van der Waals surface area contributed by atoms with E-state index in [0.29, 0.717) is 6.42 Å². The molecule has 11 heavy (non-hydrogen) atoms. The summed E-state index contributed by atoms with van der Waals surface area (Å²) in [7, 11) is 0. The minimum Gasteiger partial charge on any atom is -0.479 e. The van der Waals surface area contributed by atoms with E-state index in [2.05, 4.69) is 0 Å². The van der Waals surface area contributed by atoms with Crippen LogP contribution in [0.3, 0.4) is 0 Å². The number of carboxylic acids is 1. The molecule has 1 saturated heterocycles. The summed E-state index contributed by atoms with van der Waals surface area (Å²) in [5.41, 5.74) is -0.823. The van der Waals surface area contributed by atoms with Crippen molar-refractivity contribution in [1.29, 1.82) is 0 Å². The maximum Gasteiger partial charge on any atom is 0.338 e. The second-order valence-electron chi connectivity index (χ2n) is 3.06. The summed E-state index contributed by atoms with van der Waals surface area (Å²) in [4.78, 5) is 10.7. The highest BCUT2D eigenvalue weighted by atomic mass is 16.6. The van der Waals surface area contributed by atoms with Gasteiger partial charge < -0.3 is 9.84 Å². The lowest BCUT2D eigenvalue weighted by Crippen LogP contribution is -2.26. The van der Waals surface area contributed by atoms with E-state index in [4.69, 9.17) is 9.84 Å². The van der Waals surface area contributed by atoms with Gasteiger partial charge >= 0.3 is 5.97 Å². The molecule has 0 bridgehead atoms. The molecule has 2 atom stereocenters. The van der Waals surface area contributed by atoms with Crippen LogP contribution in [0.25, 0.3) is 0 Å². The molecule has 1 fully saturated rings. The Bertz CT molecular complexity index is 167. The van der Waals surface area contributed by atoms with E-state index in [0.717, 1.165) is 12.8 Å². The van der Waals surface area contributed by atoms with Crippen LogP contribution in [0.15, 0.2) is 0 Å². The summed E-state index contributed by atoms with van der Waals surface area (Å²) in [6, 6.07) is 0. The van der Waals surface area contributed by atoms with Gasteiger partial charge in [0.25, 0.3) is 0 Å². The summed E-state index contributed by atoms with van der Waals surface area (Å²) >= 11 is 0. The number of epoxide rings is 1. The van der Waals surface area contributed by atoms with Crippen molar-refractivity contribution in [2.45, 2.75) is 44.8 Å². The Labute approximate surface area is 66.4 Å². The zero-order valence-electron chi connectivity index (χ0n) is 6.96. The Morgan fingerprint density at radius 2 is 2.27 bits per heavy atom. The van der Waals surface area contributed by atoms with Crippen LogP contribution in [0.4, 0.5) is 0 Å². The van der Waals surface area contributed by atoms with Gasteiger partial charge in [0.15, 0.2) is 5.60 Å². The van der Waals surface area contributed by atoms with Crippen molar-refractivity contribution in [2.75, 3.05) is 0 Å². The van der Waals surface area contributed by atoms with Crippen LogP contribution in [0.5, 0.6) is 0 Å². The van der Waals surface area contributed by atoms with Crippen LogP contribution in [-0.4, -0.2) is 22.8 Å². The molecule has 2 unspecified atom stereocenters. The third kappa shape index (κ3) is 1.38. The van der Waals surface area contributed by atoms with E-state index >= 15 is 0 Å². The number of carboxylic acid groups (broad SMARTS) is 1. The molecule has 64 valence electrons. The number of rotatable bonds is 4. The Kier molecular flexibility index (Phi) is 2.18. The van der Waals surface area contributed by atoms with Crippen molar-refractivity contribution in [3.05, 3.63) is 0 Å². The largest absolute Gasteiger partial charge is 0.479 e. The van der Waals surface area contributed by atoms with Gasteiger partial charge in [0.2, 0.25) is 0 Å². The lowest BCUT2D eigenvalue weighted by atomic mass is 9.99. The second-order valence-corrected chi connectivity index (χ2v) is 3.06. The first-order valence-electron chi connectivity index (χ1n) is 4.04. The van der Waals surface area contributed by atoms with Crippen LogP contribution in [0, 0.1) is 0 Å². The molecule has 0 radical (unpaired) electrons. The van der Waals surface area contributed by atoms with Gasteiger partial charge in [-0.3, -0.25) is 0 Å². The van der Waals surface area contributed by atoms with Gasteiger partial charge in [0.1, 0.15) is 0 Å². The molecule has 1 heterocycles. The molecule has 1 rings (SSSR count). The van der Waals surface area contributed by atoms with Crippen molar-refractivity contribution >= 4 is 5.97 Å². The minimum absolute atomic E-state index is 0.0912. The fourth-order valence-electron chi connectivity index (χ4n) is 1.31. The number of aliphatic carboxylic acids is 1. The molecule has 0 amide bonds. The van der Waals surface area contributed by atoms with E-state index in [9.17, 15) is 4.79 Å². The van der Waals surface area contributed by atoms with Gasteiger partial charge in [-0.15, -0.1) is 0 Å². The summed E-state index contributed by atoms with van der Waals surface area (Å²) in [6.45, 7) is 3.85. The van der Waals surface area contributed by atoms with E-state index < -0.39 is 11.6 Å². The molecule has 3 heteroatoms. The molecule has 3 nitrogen and oxygen atoms in total. The average molecular weight is 158 g/mol. The van der Waals surface area contributed by atoms with E-state index in [1.165, 1.54) is 0 Å². The quantitative estimate of drug-likeness (QED) is 0.629. The molecule has 0 aromatic carbocycles. The average Bonchev–Trinajstić information content (AvgIpc) is 2.59. The first-order chi connectivity index (χ1) is 5.13. The van der Waals surface area contributed by atoms with E-state index in [-0.39, 0.29) is 6.10 Å². The molecule has 0 aliphatic carbocycles. The summed E-state index contributed by atoms with van der Waals surface area (Å²) < 4.78 is 5.07. The highest BCUT2D eigenvalue weighted by Gasteiger charge is 2.59. The van der Waals surface area contributed by atoms with Crippen LogP contribution >= 0.6 is 0 Å². The van der Waals surface area contributed by atoms with E-state index in [1.807, 2.05) is 13.8 Å². The number of hydrogen-bond acceptors (Lipinski definition) is 2. The highest BCUT2D eigenvalue weighted by molar-refractivity contribution is 5.81. The fraction of sp³-hybridized carbons (Fsp3) is 0.875. The van der Waals surface area contributed by atoms with Crippen LogP contribution in [0.1, 0.15) is 33.1 Å². The van der Waals surface area contributed by atoms with E-state index in [1.54, 1.807) is 0 Å². The second kappa shape index (κ2) is 2.81. The summed E-state index contributed by atoms with van der Waals surface area (Å²) in [5, 5.41) is 8.78. The molecule has 1 aliphatic rings. The summed E-state index contributed by atoms with van der Waals surface area (Å²) in [5.74, 6) is -0.807. The molecule has 1 N–H and O–H groups in total. The third-order valence-corrected chi connectivity index (χ3v) is 2.25. The Morgan fingerprint density at radius 3 is 2.55 bits per heavy atom. The van der Waals surface area contributed by atoms with Crippen molar-refractivity contribution < 1.29 is 14.6 Å². The number of ether oxygens (including phenoxy) is 1. The van der Waals surface area contributed by atoms with Gasteiger partial charge in [0.05, 0.1) is 6.10 Å². The Balaban J connectivity index is 2.44. The predicted molar refractivity (Wildman–Crippen MR) is 40.4 cm³/mol. The third-order valence-electron chi connectivity index (χ3n) is 2.25. The van der Waals surface area contributed by atoms with Crippen LogP contribution in [0.2, 0.25) is 0 Å². The topological polar surface area (TPSA) is 49.8 Å². The van der Waals surface area contributed by atoms with Gasteiger partial charge in [0, 0.05) is 0 Å². The molecular weight excluding hydrogens is 144 g/mol. The Morgan fingerprint density at radius 1 is 1.73 bits per heavy atom. The first kappa shape index (κ1) is 8.53. The highest BCUT2D eigenvalue weighted by Crippen LogP contribution is 2.40. The molecule has 0 aromatic rings. The monoisotopic (exact) mass is 158 g/mol. The number of carbonyl (C=O) groups is 1. The zero-order chi connectivity index (χ0) is 8.48. The van der Waals surface area contributed by atoms with Gasteiger partial charge in [-0.05, 0) is 13.3 Å². The molecular formula is C8H14O3. The van der Waals surface area contributed by atoms with Crippen molar-refractivity contribution in [2.24, 2.45) is 0 Å². The summed E-state index contributed by atoms with van der Waals surface area (Å²) in [6.07, 6.45) is 2.51. The predicted octanol–water partition coefficient (Wildman–Crippen LogP) is 1.42. The molecule has 0 spiro atoms. The van der Waals surface area contributed by atoms with Crippen LogP contribution < -0.4 is 0 Å². The molecule has 0 aromatic heterocycles. The SMILES string of the molecule is CCCCC1(C(=O)O)OC1C. The standard InChI is InChI=1S/C8H14O3/c1-3-4-5-8(7(9)10)6(2)11-8/h6H,3-5H2,1-2H3,(H,9,10). The van der Waals surface area contributed by atoms with Crippen molar-refractivity contribution in [3.63, 3.8) is 0 Å². The maximum absolute atomic E-state index is 10.7. The molecule has 0 saturated carbocycles. The lowest BCUT2D eigenvalue weighted by molar-refractivity contribution is -0.143. The van der Waals surface area contributed by atoms with Gasteiger partial charge in [-0.2, -0.15) is 0 Å². The smallest absolute Gasteiger partial charge is 0.338 e. The number of unbranched alkanes of at least 4 members (excludes halogenated alkanes) is 1. The molecule has 1 aliphatic heterocycles. The maximum atomic E-state index is 10.7.